The number of fused-ring (bicyclic) bond motifs is 3. The number of aromatic carboxylic acids is 1. The van der Waals surface area contributed by atoms with Crippen LogP contribution in [0.4, 0.5) is 0 Å². The Labute approximate surface area is 128 Å². The van der Waals surface area contributed by atoms with E-state index < -0.39 is 5.97 Å². The average Bonchev–Trinajstić information content (AvgIpc) is 2.80. The van der Waals surface area contributed by atoms with Crippen LogP contribution in [-0.4, -0.2) is 28.7 Å². The number of hydrogen-bond donors (Lipinski definition) is 1. The molecule has 2 aromatic rings. The third-order valence-electron chi connectivity index (χ3n) is 4.47. The Bertz CT molecular complexity index is 760. The summed E-state index contributed by atoms with van der Waals surface area (Å²) < 4.78 is 6.77. The molecule has 1 aromatic carbocycles. The predicted octanol–water partition coefficient (Wildman–Crippen LogP) is 2.64. The van der Waals surface area contributed by atoms with Crippen LogP contribution in [0.2, 0.25) is 0 Å². The second-order valence-corrected chi connectivity index (χ2v) is 5.97. The lowest BCUT2D eigenvalue weighted by Crippen LogP contribution is -2.17. The largest absolute Gasteiger partial charge is 0.478 e. The molecular formula is C17H19NO4. The van der Waals surface area contributed by atoms with Crippen LogP contribution in [-0.2, 0) is 28.9 Å². The zero-order valence-corrected chi connectivity index (χ0v) is 12.8. The summed E-state index contributed by atoms with van der Waals surface area (Å²) in [4.78, 5) is 22.9. The molecule has 1 unspecified atom stereocenters. The molecule has 0 saturated carbocycles. The van der Waals surface area contributed by atoms with Gasteiger partial charge in [0, 0.05) is 16.6 Å². The molecule has 1 N–H and O–H groups in total. The van der Waals surface area contributed by atoms with Crippen molar-refractivity contribution in [2.24, 2.45) is 5.92 Å². The van der Waals surface area contributed by atoms with Gasteiger partial charge < -0.3 is 14.4 Å². The van der Waals surface area contributed by atoms with Gasteiger partial charge in [-0.2, -0.15) is 0 Å². The van der Waals surface area contributed by atoms with Crippen LogP contribution in [0.1, 0.15) is 35.0 Å². The maximum Gasteiger partial charge on any atom is 0.335 e. The molecule has 0 fully saturated rings. The summed E-state index contributed by atoms with van der Waals surface area (Å²) in [5.74, 6) is -0.654. The van der Waals surface area contributed by atoms with E-state index in [0.29, 0.717) is 5.92 Å². The van der Waals surface area contributed by atoms with Gasteiger partial charge >= 0.3 is 11.9 Å². The molecular weight excluding hydrogens is 282 g/mol. The van der Waals surface area contributed by atoms with Gasteiger partial charge in [-0.1, -0.05) is 6.92 Å². The fourth-order valence-corrected chi connectivity index (χ4v) is 3.33. The van der Waals surface area contributed by atoms with Crippen molar-refractivity contribution >= 4 is 22.8 Å². The van der Waals surface area contributed by atoms with E-state index in [9.17, 15) is 14.7 Å². The van der Waals surface area contributed by atoms with Crippen molar-refractivity contribution in [3.63, 3.8) is 0 Å². The van der Waals surface area contributed by atoms with Gasteiger partial charge in [0.15, 0.2) is 0 Å². The average molecular weight is 301 g/mol. The summed E-state index contributed by atoms with van der Waals surface area (Å²) in [5.41, 5.74) is 3.51. The Balaban J connectivity index is 2.21. The maximum atomic E-state index is 11.7. The lowest BCUT2D eigenvalue weighted by molar-refractivity contribution is -0.141. The van der Waals surface area contributed by atoms with E-state index >= 15 is 0 Å². The normalized spacial score (nSPS) is 17.3. The number of nitrogens with zero attached hydrogens (tertiary/aromatic N) is 1. The van der Waals surface area contributed by atoms with E-state index in [1.54, 1.807) is 18.2 Å². The fraction of sp³-hybridized carbons (Fsp3) is 0.412. The number of carboxylic acid groups (broad SMARTS) is 1. The van der Waals surface area contributed by atoms with Crippen molar-refractivity contribution in [1.82, 2.24) is 4.57 Å². The van der Waals surface area contributed by atoms with Crippen molar-refractivity contribution in [3.8, 4) is 0 Å². The summed E-state index contributed by atoms with van der Waals surface area (Å²) in [6.07, 6.45) is 2.91. The molecule has 0 bridgehead atoms. The highest BCUT2D eigenvalue weighted by atomic mass is 16.5. The molecule has 1 heterocycles. The summed E-state index contributed by atoms with van der Waals surface area (Å²) in [6.45, 7) is 2.37. The van der Waals surface area contributed by atoms with Gasteiger partial charge in [-0.15, -0.1) is 0 Å². The molecule has 3 rings (SSSR count). The van der Waals surface area contributed by atoms with Crippen LogP contribution in [0.3, 0.4) is 0 Å². The molecule has 5 nitrogen and oxygen atoms in total. The zero-order valence-electron chi connectivity index (χ0n) is 12.8. The Hall–Kier alpha value is -2.30. The van der Waals surface area contributed by atoms with Crippen LogP contribution in [0.25, 0.3) is 10.9 Å². The molecule has 1 atom stereocenters. The number of rotatable bonds is 3. The minimum atomic E-state index is -0.930. The van der Waals surface area contributed by atoms with Crippen LogP contribution in [0.5, 0.6) is 0 Å². The van der Waals surface area contributed by atoms with Gasteiger partial charge in [0.1, 0.15) is 6.54 Å². The third kappa shape index (κ3) is 2.36. The quantitative estimate of drug-likeness (QED) is 0.885. The molecule has 0 radical (unpaired) electrons. The Morgan fingerprint density at radius 2 is 2.18 bits per heavy atom. The number of esters is 1. The second-order valence-electron chi connectivity index (χ2n) is 5.97. The highest BCUT2D eigenvalue weighted by Crippen LogP contribution is 2.34. The standard InChI is InChI=1S/C17H19NO4/c1-10-3-5-14-12(7-10)13-8-11(17(20)21)4-6-15(13)18(14)9-16(19)22-2/h4,6,8,10H,3,5,7,9H2,1-2H3,(H,20,21). The second kappa shape index (κ2) is 5.48. The number of benzene rings is 1. The van der Waals surface area contributed by atoms with Crippen molar-refractivity contribution in [2.75, 3.05) is 7.11 Å². The van der Waals surface area contributed by atoms with Crippen LogP contribution in [0, 0.1) is 5.92 Å². The first-order valence-corrected chi connectivity index (χ1v) is 7.45. The highest BCUT2D eigenvalue weighted by molar-refractivity contribution is 5.96. The molecule has 5 heteroatoms. The first-order valence-electron chi connectivity index (χ1n) is 7.45. The minimum absolute atomic E-state index is 0.170. The van der Waals surface area contributed by atoms with E-state index in [0.717, 1.165) is 35.9 Å². The van der Waals surface area contributed by atoms with Gasteiger partial charge in [-0.25, -0.2) is 4.79 Å². The van der Waals surface area contributed by atoms with Gasteiger partial charge in [0.2, 0.25) is 0 Å². The first kappa shape index (κ1) is 14.6. The Morgan fingerprint density at radius 1 is 1.41 bits per heavy atom. The molecule has 0 spiro atoms. The zero-order chi connectivity index (χ0) is 15.9. The van der Waals surface area contributed by atoms with Crippen LogP contribution < -0.4 is 0 Å². The summed E-state index contributed by atoms with van der Waals surface area (Å²) in [5, 5.41) is 10.2. The van der Waals surface area contributed by atoms with E-state index in [1.165, 1.54) is 12.7 Å². The summed E-state index contributed by atoms with van der Waals surface area (Å²) in [6, 6.07) is 5.11. The maximum absolute atomic E-state index is 11.7. The highest BCUT2D eigenvalue weighted by Gasteiger charge is 2.25. The lowest BCUT2D eigenvalue weighted by atomic mass is 9.87. The number of hydrogen-bond acceptors (Lipinski definition) is 3. The van der Waals surface area contributed by atoms with Crippen molar-refractivity contribution in [2.45, 2.75) is 32.7 Å². The van der Waals surface area contributed by atoms with Crippen LogP contribution >= 0.6 is 0 Å². The molecule has 0 saturated heterocycles. The van der Waals surface area contributed by atoms with E-state index in [1.807, 2.05) is 4.57 Å². The van der Waals surface area contributed by atoms with Crippen molar-refractivity contribution < 1.29 is 19.4 Å². The number of ether oxygens (including phenoxy) is 1. The van der Waals surface area contributed by atoms with E-state index in [2.05, 4.69) is 6.92 Å². The molecule has 116 valence electrons. The van der Waals surface area contributed by atoms with E-state index in [-0.39, 0.29) is 18.1 Å². The molecule has 0 aliphatic heterocycles. The minimum Gasteiger partial charge on any atom is -0.478 e. The van der Waals surface area contributed by atoms with Crippen molar-refractivity contribution in [1.29, 1.82) is 0 Å². The van der Waals surface area contributed by atoms with Gasteiger partial charge in [-0.05, 0) is 48.9 Å². The molecule has 1 aliphatic carbocycles. The number of carbonyl (C=O) groups excluding carboxylic acids is 1. The number of aromatic nitrogens is 1. The Kier molecular flexibility index (Phi) is 3.64. The first-order chi connectivity index (χ1) is 10.5. The van der Waals surface area contributed by atoms with E-state index in [4.69, 9.17) is 4.74 Å². The van der Waals surface area contributed by atoms with Crippen molar-refractivity contribution in [3.05, 3.63) is 35.0 Å². The molecule has 22 heavy (non-hydrogen) atoms. The summed E-state index contributed by atoms with van der Waals surface area (Å²) >= 11 is 0. The number of carbonyl (C=O) groups is 2. The lowest BCUT2D eigenvalue weighted by Gasteiger charge is -2.20. The fourth-order valence-electron chi connectivity index (χ4n) is 3.33. The smallest absolute Gasteiger partial charge is 0.335 e. The number of methoxy groups -OCH3 is 1. The predicted molar refractivity (Wildman–Crippen MR) is 82.1 cm³/mol. The molecule has 1 aliphatic rings. The van der Waals surface area contributed by atoms with Gasteiger partial charge in [-0.3, -0.25) is 4.79 Å². The third-order valence-corrected chi connectivity index (χ3v) is 4.47. The monoisotopic (exact) mass is 301 g/mol. The Morgan fingerprint density at radius 3 is 2.86 bits per heavy atom. The SMILES string of the molecule is COC(=O)Cn1c2c(c3cc(C(=O)O)ccc31)CC(C)CC2. The van der Waals surface area contributed by atoms with Crippen LogP contribution in [0.15, 0.2) is 18.2 Å². The summed E-state index contributed by atoms with van der Waals surface area (Å²) in [7, 11) is 1.38. The van der Waals surface area contributed by atoms with Gasteiger partial charge in [0.05, 0.1) is 12.7 Å². The molecule has 1 aromatic heterocycles. The topological polar surface area (TPSA) is 68.5 Å². The molecule has 0 amide bonds. The van der Waals surface area contributed by atoms with Gasteiger partial charge in [0.25, 0.3) is 0 Å². The number of carboxylic acids is 1.